The molecule has 142 valence electrons. The zero-order valence-electron chi connectivity index (χ0n) is 15.8. The maximum Gasteiger partial charge on any atom is 0.230 e. The first kappa shape index (κ1) is 19.4. The van der Waals surface area contributed by atoms with E-state index >= 15 is 0 Å². The summed E-state index contributed by atoms with van der Waals surface area (Å²) in [6.07, 6.45) is 7.00. The fourth-order valence-corrected chi connectivity index (χ4v) is 5.06. The van der Waals surface area contributed by atoms with Gasteiger partial charge in [-0.15, -0.1) is 21.5 Å². The van der Waals surface area contributed by atoms with Gasteiger partial charge < -0.3 is 5.32 Å². The molecule has 2 heterocycles. The van der Waals surface area contributed by atoms with Gasteiger partial charge in [0.25, 0.3) is 0 Å². The Morgan fingerprint density at radius 1 is 1.35 bits per heavy atom. The Hall–Kier alpha value is -1.34. The van der Waals surface area contributed by atoms with Crippen LogP contribution >= 0.6 is 23.1 Å². The van der Waals surface area contributed by atoms with Crippen LogP contribution in [-0.2, 0) is 11.2 Å². The van der Waals surface area contributed by atoms with E-state index in [1.54, 1.807) is 11.3 Å². The molecular formula is C19H28N4OS2. The molecule has 0 unspecified atom stereocenters. The summed E-state index contributed by atoms with van der Waals surface area (Å²) in [7, 11) is 0. The Morgan fingerprint density at radius 2 is 2.12 bits per heavy atom. The Balaban J connectivity index is 1.66. The Morgan fingerprint density at radius 3 is 2.77 bits per heavy atom. The molecule has 1 aliphatic rings. The van der Waals surface area contributed by atoms with Gasteiger partial charge in [0.15, 0.2) is 11.0 Å². The molecule has 0 saturated heterocycles. The monoisotopic (exact) mass is 392 g/mol. The molecule has 0 aromatic carbocycles. The van der Waals surface area contributed by atoms with Crippen LogP contribution in [0.3, 0.4) is 0 Å². The van der Waals surface area contributed by atoms with Gasteiger partial charge >= 0.3 is 0 Å². The van der Waals surface area contributed by atoms with Gasteiger partial charge in [0.1, 0.15) is 0 Å². The number of hydrogen-bond donors (Lipinski definition) is 1. The van der Waals surface area contributed by atoms with Crippen molar-refractivity contribution < 1.29 is 4.79 Å². The Bertz CT molecular complexity index is 732. The van der Waals surface area contributed by atoms with Crippen LogP contribution in [0.25, 0.3) is 11.4 Å². The highest BCUT2D eigenvalue weighted by molar-refractivity contribution is 7.99. The van der Waals surface area contributed by atoms with E-state index in [2.05, 4.69) is 52.3 Å². The summed E-state index contributed by atoms with van der Waals surface area (Å²) in [6.45, 7) is 6.42. The average molecular weight is 393 g/mol. The van der Waals surface area contributed by atoms with E-state index in [0.29, 0.717) is 11.8 Å². The van der Waals surface area contributed by atoms with E-state index in [0.717, 1.165) is 35.8 Å². The van der Waals surface area contributed by atoms with Crippen molar-refractivity contribution in [3.8, 4) is 11.4 Å². The highest BCUT2D eigenvalue weighted by Gasteiger charge is 2.20. The lowest BCUT2D eigenvalue weighted by Gasteiger charge is -2.22. The molecule has 0 atom stereocenters. The zero-order chi connectivity index (χ0) is 18.5. The molecule has 7 heteroatoms. The smallest absolute Gasteiger partial charge is 0.230 e. The lowest BCUT2D eigenvalue weighted by Crippen LogP contribution is -2.37. The molecule has 2 aromatic heterocycles. The highest BCUT2D eigenvalue weighted by atomic mass is 32.2. The summed E-state index contributed by atoms with van der Waals surface area (Å²) < 4.78 is 2.14. The summed E-state index contributed by atoms with van der Waals surface area (Å²) >= 11 is 3.24. The SMILES string of the molecule is CCc1cc(-c2nnc(SCC(=O)NC3CCCCC3)n2C(C)C)cs1. The van der Waals surface area contributed by atoms with Crippen LogP contribution in [0.5, 0.6) is 0 Å². The topological polar surface area (TPSA) is 59.8 Å². The quantitative estimate of drug-likeness (QED) is 0.694. The molecule has 3 rings (SSSR count). The largest absolute Gasteiger partial charge is 0.353 e. The third-order valence-corrected chi connectivity index (χ3v) is 6.77. The van der Waals surface area contributed by atoms with Gasteiger partial charge in [-0.05, 0) is 39.2 Å². The van der Waals surface area contributed by atoms with Crippen molar-refractivity contribution in [2.75, 3.05) is 5.75 Å². The van der Waals surface area contributed by atoms with Crippen molar-refractivity contribution in [3.05, 3.63) is 16.3 Å². The lowest BCUT2D eigenvalue weighted by molar-refractivity contribution is -0.119. The predicted octanol–water partition coefficient (Wildman–Crippen LogP) is 4.69. The molecule has 26 heavy (non-hydrogen) atoms. The minimum atomic E-state index is 0.102. The first-order valence-electron chi connectivity index (χ1n) is 9.53. The van der Waals surface area contributed by atoms with Crippen LogP contribution in [0.4, 0.5) is 0 Å². The van der Waals surface area contributed by atoms with Crippen molar-refractivity contribution in [3.63, 3.8) is 0 Å². The van der Waals surface area contributed by atoms with Gasteiger partial charge in [0.05, 0.1) is 5.75 Å². The molecule has 1 saturated carbocycles. The number of hydrogen-bond acceptors (Lipinski definition) is 5. The Labute approximate surface area is 164 Å². The number of rotatable bonds is 7. The first-order chi connectivity index (χ1) is 12.6. The summed E-state index contributed by atoms with van der Waals surface area (Å²) in [4.78, 5) is 13.6. The number of aryl methyl sites for hydroxylation is 1. The second kappa shape index (κ2) is 9.04. The second-order valence-electron chi connectivity index (χ2n) is 7.12. The highest BCUT2D eigenvalue weighted by Crippen LogP contribution is 2.30. The number of carbonyl (C=O) groups excluding carboxylic acids is 1. The van der Waals surface area contributed by atoms with Crippen LogP contribution in [0.2, 0.25) is 0 Å². The normalized spacial score (nSPS) is 15.5. The number of aromatic nitrogens is 3. The zero-order valence-corrected chi connectivity index (χ0v) is 17.5. The van der Waals surface area contributed by atoms with Gasteiger partial charge in [0, 0.05) is 27.9 Å². The van der Waals surface area contributed by atoms with Crippen molar-refractivity contribution in [2.24, 2.45) is 0 Å². The summed E-state index contributed by atoms with van der Waals surface area (Å²) in [5.41, 5.74) is 1.12. The first-order valence-corrected chi connectivity index (χ1v) is 11.4. The van der Waals surface area contributed by atoms with Gasteiger partial charge in [-0.25, -0.2) is 0 Å². The fourth-order valence-electron chi connectivity index (χ4n) is 3.37. The molecule has 0 radical (unpaired) electrons. The molecule has 5 nitrogen and oxygen atoms in total. The van der Waals surface area contributed by atoms with Gasteiger partial charge in [-0.1, -0.05) is 37.9 Å². The Kier molecular flexibility index (Phi) is 6.75. The van der Waals surface area contributed by atoms with Crippen molar-refractivity contribution in [1.29, 1.82) is 0 Å². The number of thiophene rings is 1. The van der Waals surface area contributed by atoms with Crippen LogP contribution in [-0.4, -0.2) is 32.5 Å². The van der Waals surface area contributed by atoms with E-state index in [-0.39, 0.29) is 11.9 Å². The van der Waals surface area contributed by atoms with Gasteiger partial charge in [-0.3, -0.25) is 9.36 Å². The van der Waals surface area contributed by atoms with E-state index in [4.69, 9.17) is 0 Å². The van der Waals surface area contributed by atoms with E-state index < -0.39 is 0 Å². The maximum absolute atomic E-state index is 12.3. The van der Waals surface area contributed by atoms with Crippen molar-refractivity contribution in [1.82, 2.24) is 20.1 Å². The predicted molar refractivity (Wildman–Crippen MR) is 109 cm³/mol. The number of amides is 1. The molecule has 1 aliphatic carbocycles. The number of nitrogens with one attached hydrogen (secondary N) is 1. The van der Waals surface area contributed by atoms with Crippen molar-refractivity contribution in [2.45, 2.75) is 76.5 Å². The average Bonchev–Trinajstić information content (AvgIpc) is 3.27. The van der Waals surface area contributed by atoms with Crippen LogP contribution in [0.1, 0.15) is 63.8 Å². The lowest BCUT2D eigenvalue weighted by atomic mass is 9.95. The number of thioether (sulfide) groups is 1. The summed E-state index contributed by atoms with van der Waals surface area (Å²) in [5.74, 6) is 1.39. The number of nitrogens with zero attached hydrogens (tertiary/aromatic N) is 3. The summed E-state index contributed by atoms with van der Waals surface area (Å²) in [5, 5.41) is 14.9. The molecule has 0 bridgehead atoms. The van der Waals surface area contributed by atoms with Crippen LogP contribution < -0.4 is 5.32 Å². The minimum absolute atomic E-state index is 0.102. The second-order valence-corrected chi connectivity index (χ2v) is 9.05. The summed E-state index contributed by atoms with van der Waals surface area (Å²) in [6, 6.07) is 2.79. The maximum atomic E-state index is 12.3. The molecule has 1 fully saturated rings. The molecule has 1 N–H and O–H groups in total. The van der Waals surface area contributed by atoms with E-state index in [1.165, 1.54) is 35.9 Å². The van der Waals surface area contributed by atoms with Gasteiger partial charge in [-0.2, -0.15) is 0 Å². The molecule has 0 aliphatic heterocycles. The van der Waals surface area contributed by atoms with Crippen LogP contribution in [0, 0.1) is 0 Å². The van der Waals surface area contributed by atoms with E-state index in [9.17, 15) is 4.79 Å². The van der Waals surface area contributed by atoms with Crippen LogP contribution in [0.15, 0.2) is 16.6 Å². The molecule has 1 amide bonds. The van der Waals surface area contributed by atoms with Gasteiger partial charge in [0.2, 0.25) is 5.91 Å². The standard InChI is InChI=1S/C19H28N4OS2/c1-4-16-10-14(11-25-16)18-21-22-19(23(18)13(2)3)26-12-17(24)20-15-8-6-5-7-9-15/h10-11,13,15H,4-9,12H2,1-3H3,(H,20,24). The number of carbonyl (C=O) groups is 1. The third-order valence-electron chi connectivity index (χ3n) is 4.74. The third kappa shape index (κ3) is 4.68. The fraction of sp³-hybridized carbons (Fsp3) is 0.632. The molecule has 2 aromatic rings. The molecular weight excluding hydrogens is 364 g/mol. The van der Waals surface area contributed by atoms with E-state index in [1.807, 2.05) is 0 Å². The minimum Gasteiger partial charge on any atom is -0.353 e. The van der Waals surface area contributed by atoms with Crippen molar-refractivity contribution >= 4 is 29.0 Å². The molecule has 0 spiro atoms.